The van der Waals surface area contributed by atoms with Gasteiger partial charge in [-0.15, -0.1) is 36.2 Å². The number of morpholine rings is 1. The van der Waals surface area contributed by atoms with Gasteiger partial charge in [0.05, 0.1) is 23.9 Å². The van der Waals surface area contributed by atoms with Crippen molar-refractivity contribution in [1.29, 1.82) is 0 Å². The largest absolute Gasteiger partial charge is 0.373 e. The van der Waals surface area contributed by atoms with Crippen molar-refractivity contribution in [3.63, 3.8) is 0 Å². The Morgan fingerprint density at radius 2 is 1.96 bits per heavy atom. The Balaban J connectivity index is 0.00000288. The van der Waals surface area contributed by atoms with Gasteiger partial charge in [-0.3, -0.25) is 9.69 Å². The van der Waals surface area contributed by atoms with Gasteiger partial charge in [-0.25, -0.2) is 4.98 Å². The number of carbonyl (C=O) groups is 1. The number of nitrogens with zero attached hydrogens (tertiary/aromatic N) is 2. The van der Waals surface area contributed by atoms with E-state index in [1.54, 1.807) is 0 Å². The first kappa shape index (κ1) is 24.6. The fourth-order valence-corrected chi connectivity index (χ4v) is 3.36. The molecule has 1 fully saturated rings. The molecule has 1 aromatic heterocycles. The summed E-state index contributed by atoms with van der Waals surface area (Å²) in [6, 6.07) is -0.559. The molecule has 146 valence electrons. The Bertz CT molecular complexity index is 540. The molecular weight excluding hydrogens is 383 g/mol. The van der Waals surface area contributed by atoms with Gasteiger partial charge in [0.15, 0.2) is 5.13 Å². The van der Waals surface area contributed by atoms with Crippen LogP contribution in [0.2, 0.25) is 0 Å². The summed E-state index contributed by atoms with van der Waals surface area (Å²) >= 11 is 1.44. The van der Waals surface area contributed by atoms with Crippen molar-refractivity contribution in [3.05, 3.63) is 11.1 Å². The van der Waals surface area contributed by atoms with Gasteiger partial charge in [0.1, 0.15) is 0 Å². The summed E-state index contributed by atoms with van der Waals surface area (Å²) in [5.74, 6) is -0.188. The summed E-state index contributed by atoms with van der Waals surface area (Å²) < 4.78 is 5.74. The number of nitrogens with one attached hydrogen (secondary N) is 1. The molecule has 0 radical (unpaired) electrons. The van der Waals surface area contributed by atoms with Gasteiger partial charge >= 0.3 is 0 Å². The predicted octanol–water partition coefficient (Wildman–Crippen LogP) is 2.91. The van der Waals surface area contributed by atoms with Gasteiger partial charge in [0, 0.05) is 25.0 Å². The minimum absolute atomic E-state index is 0. The minimum Gasteiger partial charge on any atom is -0.373 e. The van der Waals surface area contributed by atoms with E-state index in [1.165, 1.54) is 11.3 Å². The molecule has 1 aromatic rings. The van der Waals surface area contributed by atoms with Crippen LogP contribution in [0.15, 0.2) is 5.38 Å². The third-order valence-corrected chi connectivity index (χ3v) is 4.68. The van der Waals surface area contributed by atoms with Gasteiger partial charge in [0.25, 0.3) is 0 Å². The van der Waals surface area contributed by atoms with Crippen LogP contribution in [0.25, 0.3) is 0 Å². The molecule has 3 N–H and O–H groups in total. The monoisotopic (exact) mass is 412 g/mol. The quantitative estimate of drug-likeness (QED) is 0.794. The molecule has 6 nitrogen and oxygen atoms in total. The van der Waals surface area contributed by atoms with E-state index in [9.17, 15) is 4.79 Å². The summed E-state index contributed by atoms with van der Waals surface area (Å²) in [7, 11) is 0. The number of rotatable bonds is 4. The fourth-order valence-electron chi connectivity index (χ4n) is 2.66. The van der Waals surface area contributed by atoms with Crippen molar-refractivity contribution in [3.8, 4) is 0 Å². The second-order valence-electron chi connectivity index (χ2n) is 7.43. The molecule has 1 aliphatic heterocycles. The zero-order valence-electron chi connectivity index (χ0n) is 15.4. The number of aromatic nitrogens is 1. The van der Waals surface area contributed by atoms with Crippen LogP contribution in [0.1, 0.15) is 40.3 Å². The maximum absolute atomic E-state index is 12.1. The van der Waals surface area contributed by atoms with Gasteiger partial charge in [-0.1, -0.05) is 20.8 Å². The van der Waals surface area contributed by atoms with Crippen LogP contribution < -0.4 is 11.1 Å². The van der Waals surface area contributed by atoms with Crippen LogP contribution >= 0.6 is 36.2 Å². The van der Waals surface area contributed by atoms with Crippen LogP contribution in [0.4, 0.5) is 5.13 Å². The zero-order valence-corrected chi connectivity index (χ0v) is 17.9. The van der Waals surface area contributed by atoms with Crippen LogP contribution in [0.3, 0.4) is 0 Å². The first-order valence-corrected chi connectivity index (χ1v) is 8.92. The number of carbonyl (C=O) groups excluding carboxylic acids is 1. The highest BCUT2D eigenvalue weighted by molar-refractivity contribution is 7.13. The number of anilines is 1. The third-order valence-electron chi connectivity index (χ3n) is 3.88. The van der Waals surface area contributed by atoms with Crippen LogP contribution in [0.5, 0.6) is 0 Å². The maximum atomic E-state index is 12.1. The molecule has 1 aliphatic rings. The summed E-state index contributed by atoms with van der Waals surface area (Å²) in [6.07, 6.45) is 0.475. The number of hydrogen-bond acceptors (Lipinski definition) is 6. The van der Waals surface area contributed by atoms with E-state index in [0.29, 0.717) is 5.13 Å². The average molecular weight is 413 g/mol. The molecule has 3 atom stereocenters. The number of halogens is 2. The number of hydrogen-bond donors (Lipinski definition) is 2. The van der Waals surface area contributed by atoms with Crippen molar-refractivity contribution in [2.75, 3.05) is 18.4 Å². The van der Waals surface area contributed by atoms with E-state index in [2.05, 4.69) is 29.0 Å². The third kappa shape index (κ3) is 7.37. The highest BCUT2D eigenvalue weighted by Crippen LogP contribution is 2.22. The minimum atomic E-state index is -0.559. The molecule has 25 heavy (non-hydrogen) atoms. The van der Waals surface area contributed by atoms with Crippen molar-refractivity contribution < 1.29 is 9.53 Å². The predicted molar refractivity (Wildman–Crippen MR) is 108 cm³/mol. The lowest BCUT2D eigenvalue weighted by Crippen LogP contribution is -2.45. The first-order valence-electron chi connectivity index (χ1n) is 8.04. The van der Waals surface area contributed by atoms with E-state index in [1.807, 2.05) is 26.2 Å². The number of ether oxygens (including phenoxy) is 1. The molecule has 9 heteroatoms. The lowest BCUT2D eigenvalue weighted by molar-refractivity contribution is -0.119. The second-order valence-corrected chi connectivity index (χ2v) is 8.29. The molecule has 0 aromatic carbocycles. The molecule has 2 unspecified atom stereocenters. The maximum Gasteiger partial charge on any atom is 0.243 e. The summed E-state index contributed by atoms with van der Waals surface area (Å²) in [4.78, 5) is 19.0. The average Bonchev–Trinajstić information content (AvgIpc) is 2.82. The Labute approximate surface area is 166 Å². The molecule has 1 amide bonds. The lowest BCUT2D eigenvalue weighted by atomic mass is 9.87. The van der Waals surface area contributed by atoms with E-state index < -0.39 is 6.04 Å². The van der Waals surface area contributed by atoms with Crippen LogP contribution in [-0.2, 0) is 16.1 Å². The van der Waals surface area contributed by atoms with Crippen molar-refractivity contribution in [1.82, 2.24) is 9.88 Å². The Hall–Kier alpha value is -0.440. The van der Waals surface area contributed by atoms with E-state index in [0.717, 1.165) is 25.3 Å². The highest BCUT2D eigenvalue weighted by Gasteiger charge is 2.28. The molecule has 1 saturated heterocycles. The Morgan fingerprint density at radius 1 is 1.40 bits per heavy atom. The SMILES string of the molecule is CC1CN(Cc2csc(NC(=O)[C@@H](N)C(C)(C)C)n2)CC(C)O1.Cl.Cl. The van der Waals surface area contributed by atoms with E-state index in [-0.39, 0.29) is 48.3 Å². The van der Waals surface area contributed by atoms with Crippen molar-refractivity contribution >= 4 is 47.2 Å². The number of amides is 1. The summed E-state index contributed by atoms with van der Waals surface area (Å²) in [5.41, 5.74) is 6.67. The second kappa shape index (κ2) is 10.0. The molecule has 0 aliphatic carbocycles. The first-order chi connectivity index (χ1) is 10.6. The topological polar surface area (TPSA) is 80.5 Å². The molecule has 0 saturated carbocycles. The van der Waals surface area contributed by atoms with Gasteiger partial charge in [-0.05, 0) is 19.3 Å². The Kier molecular flexibility index (Phi) is 9.86. The summed E-state index contributed by atoms with van der Waals surface area (Å²) in [6.45, 7) is 12.6. The lowest BCUT2D eigenvalue weighted by Gasteiger charge is -2.34. The molecule has 0 spiro atoms. The summed E-state index contributed by atoms with van der Waals surface area (Å²) in [5, 5.41) is 5.42. The fraction of sp³-hybridized carbons (Fsp3) is 0.750. The zero-order chi connectivity index (χ0) is 17.2. The molecule has 2 rings (SSSR count). The van der Waals surface area contributed by atoms with Crippen molar-refractivity contribution in [2.24, 2.45) is 11.1 Å². The molecule has 2 heterocycles. The van der Waals surface area contributed by atoms with Crippen LogP contribution in [-0.4, -0.2) is 47.1 Å². The number of nitrogens with two attached hydrogens (primary N) is 1. The van der Waals surface area contributed by atoms with E-state index in [4.69, 9.17) is 10.5 Å². The number of thiazole rings is 1. The smallest absolute Gasteiger partial charge is 0.243 e. The molecule has 0 bridgehead atoms. The van der Waals surface area contributed by atoms with E-state index >= 15 is 0 Å². The molecular formula is C16H30Cl2N4O2S. The standard InChI is InChI=1S/C16H28N4O2S.2ClH/c1-10-6-20(7-11(2)22-10)8-12-9-23-15(18-12)19-14(21)13(17)16(3,4)5;;/h9-11,13H,6-8,17H2,1-5H3,(H,18,19,21);2*1H/t10?,11?,13-;;/m1../s1. The van der Waals surface area contributed by atoms with Crippen molar-refractivity contribution in [2.45, 2.75) is 59.4 Å². The van der Waals surface area contributed by atoms with Gasteiger partial charge in [-0.2, -0.15) is 0 Å². The van der Waals surface area contributed by atoms with Crippen LogP contribution in [0, 0.1) is 5.41 Å². The van der Waals surface area contributed by atoms with Gasteiger partial charge < -0.3 is 15.8 Å². The Morgan fingerprint density at radius 3 is 2.48 bits per heavy atom. The van der Waals surface area contributed by atoms with Gasteiger partial charge in [0.2, 0.25) is 5.91 Å². The highest BCUT2D eigenvalue weighted by atomic mass is 35.5. The normalized spacial score (nSPS) is 22.5.